The number of ether oxygens (including phenoxy) is 3. The summed E-state index contributed by atoms with van der Waals surface area (Å²) in [7, 11) is 3.24. The highest BCUT2D eigenvalue weighted by Gasteiger charge is 2.63. The van der Waals surface area contributed by atoms with Crippen molar-refractivity contribution in [2.75, 3.05) is 27.3 Å². The van der Waals surface area contributed by atoms with Crippen LogP contribution in [0.5, 0.6) is 0 Å². The van der Waals surface area contributed by atoms with Gasteiger partial charge < -0.3 is 45.1 Å². The van der Waals surface area contributed by atoms with Gasteiger partial charge in [-0.25, -0.2) is 0 Å². The summed E-state index contributed by atoms with van der Waals surface area (Å²) in [4.78, 5) is 31.7. The Labute approximate surface area is 287 Å². The van der Waals surface area contributed by atoms with Gasteiger partial charge in [0.25, 0.3) is 0 Å². The van der Waals surface area contributed by atoms with Crippen LogP contribution in [0.25, 0.3) is 0 Å². The minimum Gasteiger partial charge on any atom is -0.394 e. The second-order valence-corrected chi connectivity index (χ2v) is 15.7. The van der Waals surface area contributed by atoms with Gasteiger partial charge in [0.2, 0.25) is 0 Å². The van der Waals surface area contributed by atoms with Crippen LogP contribution in [0.4, 0.5) is 0 Å². The van der Waals surface area contributed by atoms with Crippen LogP contribution in [0.2, 0.25) is 0 Å². The van der Waals surface area contributed by atoms with Crippen molar-refractivity contribution in [1.82, 2.24) is 5.32 Å². The highest BCUT2D eigenvalue weighted by atomic mass is 16.7. The number of methoxy groups -OCH3 is 1. The van der Waals surface area contributed by atoms with Crippen molar-refractivity contribution in [2.45, 2.75) is 125 Å². The van der Waals surface area contributed by atoms with Crippen molar-refractivity contribution in [3.63, 3.8) is 0 Å². The maximum atomic E-state index is 14.5. The van der Waals surface area contributed by atoms with Crippen molar-refractivity contribution in [1.29, 1.82) is 0 Å². The van der Waals surface area contributed by atoms with E-state index >= 15 is 0 Å². The summed E-state index contributed by atoms with van der Waals surface area (Å²) in [6, 6.07) is -0.159. The molecule has 4 aliphatic carbocycles. The lowest BCUT2D eigenvalue weighted by Crippen LogP contribution is -2.94. The number of hydrogen-bond donors (Lipinski definition) is 10. The lowest BCUT2D eigenvalue weighted by Gasteiger charge is -2.55. The largest absolute Gasteiger partial charge is 0.394 e. The molecular weight excluding hydrogens is 638 g/mol. The monoisotopic (exact) mass is 697 g/mol. The topological polar surface area (TPSA) is 258 Å². The first-order valence-corrected chi connectivity index (χ1v) is 18.4. The Morgan fingerprint density at radius 2 is 1.82 bits per heavy atom. The number of piperidine rings is 1. The number of aliphatic hydroxyl groups is 5. The number of nitrogens with two attached hydrogens (primary N) is 3. The second kappa shape index (κ2) is 15.1. The van der Waals surface area contributed by atoms with Gasteiger partial charge in [0.15, 0.2) is 6.29 Å². The van der Waals surface area contributed by atoms with Crippen LogP contribution < -0.4 is 27.1 Å². The molecule has 0 spiro atoms. The molecule has 17 atom stereocenters. The maximum Gasteiger partial charge on any atom is 0.341 e. The van der Waals surface area contributed by atoms with Gasteiger partial charge in [0.1, 0.15) is 41.6 Å². The summed E-state index contributed by atoms with van der Waals surface area (Å²) in [6.45, 7) is 0.218. The Morgan fingerprint density at radius 1 is 1.06 bits per heavy atom. The summed E-state index contributed by atoms with van der Waals surface area (Å²) in [5.74, 6) is -3.10. The van der Waals surface area contributed by atoms with Gasteiger partial charge in [-0.15, -0.1) is 0 Å². The van der Waals surface area contributed by atoms with E-state index in [9.17, 15) is 35.1 Å². The van der Waals surface area contributed by atoms with Crippen LogP contribution in [0.15, 0.2) is 0 Å². The van der Waals surface area contributed by atoms with E-state index in [1.807, 2.05) is 0 Å². The number of carbonyl (C=O) groups excluding carboxylic acids is 2. The molecule has 0 aromatic carbocycles. The van der Waals surface area contributed by atoms with Crippen molar-refractivity contribution in [3.8, 4) is 0 Å². The van der Waals surface area contributed by atoms with E-state index in [2.05, 4.69) is 15.6 Å². The molecule has 6 aliphatic rings. The third-order valence-electron chi connectivity index (χ3n) is 13.1. The van der Waals surface area contributed by atoms with Gasteiger partial charge in [-0.1, -0.05) is 0 Å². The number of rotatable bonds is 8. The Morgan fingerprint density at radius 3 is 2.51 bits per heavy atom. The zero-order valence-corrected chi connectivity index (χ0v) is 28.7. The quantitative estimate of drug-likeness (QED) is 0.0845. The molecule has 278 valence electrons. The molecule has 0 amide bonds. The fourth-order valence-corrected chi connectivity index (χ4v) is 10.5. The first-order chi connectivity index (χ1) is 23.4. The van der Waals surface area contributed by atoms with Crippen LogP contribution >= 0.6 is 0 Å². The number of hydrogen-bond acceptors (Lipinski definition) is 11. The molecule has 11 unspecified atom stereocenters. The molecule has 4 saturated carbocycles. The summed E-state index contributed by atoms with van der Waals surface area (Å²) in [5.41, 5.74) is 10.2. The second-order valence-electron chi connectivity index (χ2n) is 15.7. The van der Waals surface area contributed by atoms with E-state index in [0.29, 0.717) is 25.2 Å². The number of Topliss-reactive ketones (excluding diaryl/α,β-unsaturated/α-hetero) is 2. The lowest BCUT2D eigenvalue weighted by atomic mass is 9.51. The lowest BCUT2D eigenvalue weighted by molar-refractivity contribution is -0.699. The number of nitrogens with one attached hydrogen (secondary N) is 2. The molecule has 0 radical (unpaired) electrons. The zero-order chi connectivity index (χ0) is 35.2. The zero-order valence-electron chi connectivity index (χ0n) is 28.7. The Hall–Kier alpha value is -1.79. The molecule has 15 heteroatoms. The van der Waals surface area contributed by atoms with Crippen LogP contribution in [0, 0.1) is 41.4 Å². The van der Waals surface area contributed by atoms with Gasteiger partial charge in [-0.2, -0.15) is 0 Å². The number of aliphatic hydroxyl groups excluding tert-OH is 4. The SMILES string of the molecule is C[NH+]=C(N)N[C@@H]1CCCC2CC3C(=O)C4CC(OC)CC(O[C@H]5O[C@H](CO)[C@](O)(CCC6CC[NH2+]C(N)C6)[C@H](O)[C@H]5O)C4C(=O)C3C(O)C21. The average Bonchev–Trinajstić information content (AvgIpc) is 3.09. The predicted molar refractivity (Wildman–Crippen MR) is 173 cm³/mol. The van der Waals surface area contributed by atoms with Gasteiger partial charge in [-0.3, -0.25) is 31.4 Å². The van der Waals surface area contributed by atoms with Crippen molar-refractivity contribution in [3.05, 3.63) is 0 Å². The number of quaternary nitrogens is 1. The molecule has 15 nitrogen and oxygen atoms in total. The van der Waals surface area contributed by atoms with Gasteiger partial charge in [0.05, 0.1) is 56.4 Å². The first-order valence-electron chi connectivity index (χ1n) is 18.4. The van der Waals surface area contributed by atoms with Crippen molar-refractivity contribution in [2.24, 2.45) is 52.9 Å². The van der Waals surface area contributed by atoms with Gasteiger partial charge in [-0.05, 0) is 63.2 Å². The molecule has 2 saturated heterocycles. The molecule has 2 heterocycles. The number of carbonyl (C=O) groups is 2. The molecular formula is C34H59N5O10+2. The Kier molecular flexibility index (Phi) is 11.4. The first kappa shape index (κ1) is 37.0. The summed E-state index contributed by atoms with van der Waals surface area (Å²) in [5, 5.41) is 61.8. The van der Waals surface area contributed by atoms with E-state index in [1.165, 1.54) is 7.11 Å². The van der Waals surface area contributed by atoms with Crippen LogP contribution in [0.3, 0.4) is 0 Å². The smallest absolute Gasteiger partial charge is 0.341 e. The van der Waals surface area contributed by atoms with Crippen LogP contribution in [-0.2, 0) is 23.8 Å². The third kappa shape index (κ3) is 6.92. The van der Waals surface area contributed by atoms with Crippen LogP contribution in [-0.4, -0.2) is 131 Å². The normalized spacial score (nSPS) is 49.1. The van der Waals surface area contributed by atoms with E-state index in [-0.39, 0.29) is 54.4 Å². The highest BCUT2D eigenvalue weighted by molar-refractivity contribution is 6.00. The fourth-order valence-electron chi connectivity index (χ4n) is 10.5. The molecule has 6 rings (SSSR count). The third-order valence-corrected chi connectivity index (χ3v) is 13.1. The number of ketones is 2. The molecule has 6 fully saturated rings. The molecule has 0 bridgehead atoms. The van der Waals surface area contributed by atoms with E-state index in [1.54, 1.807) is 7.05 Å². The molecule has 0 aromatic heterocycles. The molecule has 2 aliphatic heterocycles. The Bertz CT molecular complexity index is 1220. The summed E-state index contributed by atoms with van der Waals surface area (Å²) in [6.07, 6.45) is -2.81. The van der Waals surface area contributed by atoms with Gasteiger partial charge in [0, 0.05) is 37.7 Å². The van der Waals surface area contributed by atoms with Gasteiger partial charge >= 0.3 is 5.96 Å². The summed E-state index contributed by atoms with van der Waals surface area (Å²) >= 11 is 0. The molecule has 13 N–H and O–H groups in total. The van der Waals surface area contributed by atoms with Crippen molar-refractivity contribution < 1.29 is 59.6 Å². The highest BCUT2D eigenvalue weighted by Crippen LogP contribution is 2.53. The predicted octanol–water partition coefficient (Wildman–Crippen LogP) is -4.83. The summed E-state index contributed by atoms with van der Waals surface area (Å²) < 4.78 is 18.0. The standard InChI is InChI=1S/C34H57N5O10/c1-37-33(36)39-20-5-3-4-16-11-18-26(28(42)24(16)20)29(43)25-19(27(18)41)12-17(47-2)13-21(25)48-32-30(44)31(45)34(46,22(14-40)49-32)8-6-15-7-9-38-23(35)10-15/h15-26,28,30-32,38,40,42,44-46H,3-14,35H2,1-2H3,(H3,36,37,39)/p+2/t15?,16?,17?,18?,19?,20-,21?,22-,23?,24?,25?,26?,28?,30-,31-,32+,34-/m1/s1. The maximum absolute atomic E-state index is 14.5. The number of fused-ring (bicyclic) bond motifs is 3. The fraction of sp³-hybridized carbons (Fsp3) is 0.912. The minimum atomic E-state index is -1.95. The van der Waals surface area contributed by atoms with E-state index in [0.717, 1.165) is 38.6 Å². The average molecular weight is 698 g/mol. The van der Waals surface area contributed by atoms with E-state index in [4.69, 9.17) is 25.7 Å². The van der Waals surface area contributed by atoms with Crippen LogP contribution in [0.1, 0.15) is 64.2 Å². The Balaban J connectivity index is 1.21. The minimum absolute atomic E-state index is 0.0367. The number of guanidine groups is 1. The van der Waals surface area contributed by atoms with E-state index < -0.39 is 78.8 Å². The molecule has 49 heavy (non-hydrogen) atoms. The van der Waals surface area contributed by atoms with Crippen molar-refractivity contribution >= 4 is 17.5 Å². The molecule has 0 aromatic rings.